The summed E-state index contributed by atoms with van der Waals surface area (Å²) in [7, 11) is 0. The van der Waals surface area contributed by atoms with Crippen molar-refractivity contribution in [2.45, 2.75) is 32.9 Å². The lowest BCUT2D eigenvalue weighted by Crippen LogP contribution is -2.46. The number of aliphatic hydroxyl groups is 1. The van der Waals surface area contributed by atoms with Crippen molar-refractivity contribution in [3.05, 3.63) is 0 Å². The lowest BCUT2D eigenvalue weighted by atomic mass is 10.2. The van der Waals surface area contributed by atoms with Gasteiger partial charge in [-0.3, -0.25) is 4.90 Å². The van der Waals surface area contributed by atoms with Gasteiger partial charge in [0.25, 0.3) is 0 Å². The van der Waals surface area contributed by atoms with E-state index in [4.69, 9.17) is 9.84 Å². The number of nitrogens with zero attached hydrogens (tertiary/aromatic N) is 1. The van der Waals surface area contributed by atoms with Crippen molar-refractivity contribution in [2.24, 2.45) is 5.92 Å². The monoisotopic (exact) mass is 247 g/mol. The zero-order valence-corrected chi connectivity index (χ0v) is 11.5. The minimum Gasteiger partial charge on any atom is -0.396 e. The number of hydrogen-bond acceptors (Lipinski definition) is 4. The number of thioether (sulfide) groups is 1. The van der Waals surface area contributed by atoms with Crippen LogP contribution in [0.1, 0.15) is 20.8 Å². The molecule has 1 heterocycles. The molecule has 4 heteroatoms. The Bertz CT molecular complexity index is 190. The van der Waals surface area contributed by atoms with Crippen LogP contribution in [0.5, 0.6) is 0 Å². The van der Waals surface area contributed by atoms with E-state index in [1.165, 1.54) is 0 Å². The second kappa shape index (κ2) is 7.54. The average molecular weight is 247 g/mol. The molecule has 0 saturated carbocycles. The Hall–Kier alpha value is 0.230. The molecule has 16 heavy (non-hydrogen) atoms. The Morgan fingerprint density at radius 3 is 2.81 bits per heavy atom. The van der Waals surface area contributed by atoms with Crippen molar-refractivity contribution in [1.29, 1.82) is 0 Å². The van der Waals surface area contributed by atoms with Gasteiger partial charge in [-0.25, -0.2) is 0 Å². The molecule has 3 nitrogen and oxygen atoms in total. The summed E-state index contributed by atoms with van der Waals surface area (Å²) >= 11 is 1.89. The molecule has 0 amide bonds. The van der Waals surface area contributed by atoms with Crippen LogP contribution in [0.3, 0.4) is 0 Å². The summed E-state index contributed by atoms with van der Waals surface area (Å²) < 4.78 is 5.75. The molecule has 0 aromatic carbocycles. The SMILES string of the molecule is CC(CO)CSCC1CN(C(C)C)CCO1. The Kier molecular flexibility index (Phi) is 6.73. The summed E-state index contributed by atoms with van der Waals surface area (Å²) in [6, 6.07) is 0.618. The largest absolute Gasteiger partial charge is 0.396 e. The van der Waals surface area contributed by atoms with E-state index in [2.05, 4.69) is 25.7 Å². The summed E-state index contributed by atoms with van der Waals surface area (Å²) in [5, 5.41) is 8.93. The minimum atomic E-state index is 0.288. The van der Waals surface area contributed by atoms with Crippen molar-refractivity contribution >= 4 is 11.8 Å². The molecule has 96 valence electrons. The maximum atomic E-state index is 8.93. The number of ether oxygens (including phenoxy) is 1. The summed E-state index contributed by atoms with van der Waals surface area (Å²) in [6.07, 6.45) is 0.368. The van der Waals surface area contributed by atoms with Gasteiger partial charge in [0.05, 0.1) is 12.7 Å². The molecule has 2 atom stereocenters. The molecule has 0 spiro atoms. The molecular weight excluding hydrogens is 222 g/mol. The van der Waals surface area contributed by atoms with Crippen molar-refractivity contribution in [3.8, 4) is 0 Å². The minimum absolute atomic E-state index is 0.288. The van der Waals surface area contributed by atoms with Crippen molar-refractivity contribution in [3.63, 3.8) is 0 Å². The first-order valence-corrected chi connectivity index (χ1v) is 7.33. The first kappa shape index (κ1) is 14.3. The zero-order valence-electron chi connectivity index (χ0n) is 10.7. The van der Waals surface area contributed by atoms with Gasteiger partial charge < -0.3 is 9.84 Å². The van der Waals surface area contributed by atoms with E-state index in [-0.39, 0.29) is 6.61 Å². The highest BCUT2D eigenvalue weighted by molar-refractivity contribution is 7.99. The average Bonchev–Trinajstić information content (AvgIpc) is 2.29. The van der Waals surface area contributed by atoms with Crippen LogP contribution in [0, 0.1) is 5.92 Å². The van der Waals surface area contributed by atoms with Crippen molar-refractivity contribution < 1.29 is 9.84 Å². The van der Waals surface area contributed by atoms with Crippen molar-refractivity contribution in [2.75, 3.05) is 37.8 Å². The lowest BCUT2D eigenvalue weighted by molar-refractivity contribution is -0.0265. The van der Waals surface area contributed by atoms with Crippen LogP contribution >= 0.6 is 11.8 Å². The van der Waals surface area contributed by atoms with Gasteiger partial charge in [0.2, 0.25) is 0 Å². The van der Waals surface area contributed by atoms with Crippen molar-refractivity contribution in [1.82, 2.24) is 4.90 Å². The highest BCUT2D eigenvalue weighted by Crippen LogP contribution is 2.15. The fourth-order valence-electron chi connectivity index (χ4n) is 1.77. The maximum absolute atomic E-state index is 8.93. The fraction of sp³-hybridized carbons (Fsp3) is 1.00. The summed E-state index contributed by atoms with van der Waals surface area (Å²) in [5.74, 6) is 2.47. The summed E-state index contributed by atoms with van der Waals surface area (Å²) in [5.41, 5.74) is 0. The van der Waals surface area contributed by atoms with E-state index < -0.39 is 0 Å². The Morgan fingerprint density at radius 1 is 1.44 bits per heavy atom. The molecule has 0 bridgehead atoms. The normalized spacial score (nSPS) is 24.9. The van der Waals surface area contributed by atoms with Gasteiger partial charge in [0, 0.05) is 31.5 Å². The van der Waals surface area contributed by atoms with E-state index >= 15 is 0 Å². The van der Waals surface area contributed by atoms with Crippen LogP contribution in [0.25, 0.3) is 0 Å². The predicted octanol–water partition coefficient (Wildman–Crippen LogP) is 1.46. The van der Waals surface area contributed by atoms with Gasteiger partial charge in [-0.2, -0.15) is 11.8 Å². The molecule has 1 saturated heterocycles. The fourth-order valence-corrected chi connectivity index (χ4v) is 2.87. The number of hydrogen-bond donors (Lipinski definition) is 1. The third-order valence-corrected chi connectivity index (χ3v) is 4.33. The van der Waals surface area contributed by atoms with Crippen LogP contribution in [0.15, 0.2) is 0 Å². The second-order valence-corrected chi connectivity index (χ2v) is 5.98. The summed E-state index contributed by atoms with van der Waals surface area (Å²) in [4.78, 5) is 2.48. The van der Waals surface area contributed by atoms with Crippen LogP contribution < -0.4 is 0 Å². The topological polar surface area (TPSA) is 32.7 Å². The van der Waals surface area contributed by atoms with Gasteiger partial charge in [0.15, 0.2) is 0 Å². The van der Waals surface area contributed by atoms with Gasteiger partial charge in [-0.1, -0.05) is 6.92 Å². The van der Waals surface area contributed by atoms with Gasteiger partial charge in [-0.05, 0) is 25.5 Å². The highest BCUT2D eigenvalue weighted by atomic mass is 32.2. The van der Waals surface area contributed by atoms with Crippen LogP contribution in [-0.2, 0) is 4.74 Å². The molecule has 1 rings (SSSR count). The standard InChI is InChI=1S/C12H25NO2S/c1-10(2)13-4-5-15-12(6-13)9-16-8-11(3)7-14/h10-12,14H,4-9H2,1-3H3. The van der Waals surface area contributed by atoms with E-state index in [0.717, 1.165) is 31.2 Å². The van der Waals surface area contributed by atoms with E-state index in [1.54, 1.807) is 0 Å². The number of rotatable bonds is 6. The molecule has 2 unspecified atom stereocenters. The Balaban J connectivity index is 2.17. The third kappa shape index (κ3) is 5.04. The third-order valence-electron chi connectivity index (χ3n) is 2.92. The van der Waals surface area contributed by atoms with E-state index in [9.17, 15) is 0 Å². The highest BCUT2D eigenvalue weighted by Gasteiger charge is 2.22. The predicted molar refractivity (Wildman–Crippen MR) is 70.0 cm³/mol. The second-order valence-electron chi connectivity index (χ2n) is 4.91. The van der Waals surface area contributed by atoms with Gasteiger partial charge in [-0.15, -0.1) is 0 Å². The Labute approximate surface area is 104 Å². The molecule has 1 fully saturated rings. The lowest BCUT2D eigenvalue weighted by Gasteiger charge is -2.35. The molecular formula is C12H25NO2S. The number of morpholine rings is 1. The molecule has 0 aromatic heterocycles. The zero-order chi connectivity index (χ0) is 12.0. The van der Waals surface area contributed by atoms with Crippen LogP contribution in [-0.4, -0.2) is 60.0 Å². The first-order valence-electron chi connectivity index (χ1n) is 6.17. The Morgan fingerprint density at radius 2 is 2.19 bits per heavy atom. The smallest absolute Gasteiger partial charge is 0.0792 e. The molecule has 0 aromatic rings. The molecule has 1 aliphatic rings. The summed E-state index contributed by atoms with van der Waals surface area (Å²) in [6.45, 7) is 9.82. The van der Waals surface area contributed by atoms with Crippen LogP contribution in [0.4, 0.5) is 0 Å². The molecule has 0 radical (unpaired) electrons. The number of aliphatic hydroxyl groups excluding tert-OH is 1. The van der Waals surface area contributed by atoms with Gasteiger partial charge in [0.1, 0.15) is 0 Å². The van der Waals surface area contributed by atoms with E-state index in [1.807, 2.05) is 11.8 Å². The maximum Gasteiger partial charge on any atom is 0.0792 e. The molecule has 1 N–H and O–H groups in total. The van der Waals surface area contributed by atoms with Gasteiger partial charge >= 0.3 is 0 Å². The quantitative estimate of drug-likeness (QED) is 0.770. The molecule has 0 aliphatic carbocycles. The van der Waals surface area contributed by atoms with Crippen LogP contribution in [0.2, 0.25) is 0 Å². The molecule has 1 aliphatic heterocycles. The van der Waals surface area contributed by atoms with E-state index in [0.29, 0.717) is 18.1 Å². The first-order chi connectivity index (χ1) is 7.63.